The highest BCUT2D eigenvalue weighted by molar-refractivity contribution is 8.13. The van der Waals surface area contributed by atoms with Crippen LogP contribution in [0.3, 0.4) is 0 Å². The first-order valence-corrected chi connectivity index (χ1v) is 3.96. The normalized spacial score (nSPS) is 13.2. The van der Waals surface area contributed by atoms with Crippen LogP contribution >= 0.6 is 11.8 Å². The Balaban J connectivity index is 3.16. The third-order valence-corrected chi connectivity index (χ3v) is 1.91. The van der Waals surface area contributed by atoms with Crippen molar-refractivity contribution in [3.8, 4) is 0 Å². The van der Waals surface area contributed by atoms with Crippen LogP contribution in [0.1, 0.15) is 20.3 Å². The second-order valence-electron chi connectivity index (χ2n) is 1.86. The summed E-state index contributed by atoms with van der Waals surface area (Å²) in [6, 6.07) is 0. The highest BCUT2D eigenvalue weighted by atomic mass is 32.2. The minimum Gasteiger partial charge on any atom is -0.392 e. The molecule has 1 atom stereocenters. The van der Waals surface area contributed by atoms with E-state index in [0.29, 0.717) is 5.75 Å². The van der Waals surface area contributed by atoms with Gasteiger partial charge in [0.25, 0.3) is 0 Å². The molecule has 0 amide bonds. The molecule has 0 spiro atoms. The van der Waals surface area contributed by atoms with Gasteiger partial charge in [-0.3, -0.25) is 4.79 Å². The summed E-state index contributed by atoms with van der Waals surface area (Å²) in [5.41, 5.74) is 0. The standard InChI is InChI=1S/C6H12O2S/c1-3-6(8)4-9-5(2)7/h6,8H,3-4H2,1-2H3. The van der Waals surface area contributed by atoms with Gasteiger partial charge in [-0.2, -0.15) is 0 Å². The largest absolute Gasteiger partial charge is 0.392 e. The molecule has 0 aromatic carbocycles. The van der Waals surface area contributed by atoms with Crippen LogP contribution in [0.25, 0.3) is 0 Å². The summed E-state index contributed by atoms with van der Waals surface area (Å²) in [5.74, 6) is 0.534. The first-order chi connectivity index (χ1) is 4.16. The molecule has 0 aromatic heterocycles. The van der Waals surface area contributed by atoms with Gasteiger partial charge in [-0.15, -0.1) is 0 Å². The number of carbonyl (C=O) groups is 1. The van der Waals surface area contributed by atoms with Crippen LogP contribution in [0.4, 0.5) is 0 Å². The van der Waals surface area contributed by atoms with Crippen molar-refractivity contribution in [1.82, 2.24) is 0 Å². The van der Waals surface area contributed by atoms with Crippen molar-refractivity contribution >= 4 is 16.9 Å². The van der Waals surface area contributed by atoms with Crippen LogP contribution in [0.2, 0.25) is 0 Å². The number of thioether (sulfide) groups is 1. The first kappa shape index (κ1) is 8.98. The molecule has 0 fully saturated rings. The van der Waals surface area contributed by atoms with E-state index in [4.69, 9.17) is 5.11 Å². The van der Waals surface area contributed by atoms with E-state index in [9.17, 15) is 4.79 Å². The molecule has 9 heavy (non-hydrogen) atoms. The molecular formula is C6H12O2S. The number of rotatable bonds is 3. The maximum Gasteiger partial charge on any atom is 0.185 e. The van der Waals surface area contributed by atoms with Crippen LogP contribution in [-0.4, -0.2) is 22.1 Å². The van der Waals surface area contributed by atoms with Crippen molar-refractivity contribution in [3.05, 3.63) is 0 Å². The van der Waals surface area contributed by atoms with E-state index in [1.54, 1.807) is 0 Å². The summed E-state index contributed by atoms with van der Waals surface area (Å²) in [7, 11) is 0. The smallest absolute Gasteiger partial charge is 0.185 e. The zero-order valence-electron chi connectivity index (χ0n) is 5.76. The molecular weight excluding hydrogens is 136 g/mol. The van der Waals surface area contributed by atoms with E-state index in [0.717, 1.165) is 6.42 Å². The Bertz CT molecular complexity index is 93.1. The van der Waals surface area contributed by atoms with Gasteiger partial charge in [0, 0.05) is 12.7 Å². The van der Waals surface area contributed by atoms with E-state index >= 15 is 0 Å². The highest BCUT2D eigenvalue weighted by Gasteiger charge is 2.01. The lowest BCUT2D eigenvalue weighted by Gasteiger charge is -2.02. The van der Waals surface area contributed by atoms with Crippen LogP contribution in [0, 0.1) is 0 Å². The van der Waals surface area contributed by atoms with E-state index < -0.39 is 0 Å². The summed E-state index contributed by atoms with van der Waals surface area (Å²) in [5, 5.41) is 9.01. The number of hydrogen-bond acceptors (Lipinski definition) is 3. The third-order valence-electron chi connectivity index (χ3n) is 0.950. The lowest BCUT2D eigenvalue weighted by molar-refractivity contribution is -0.109. The lowest BCUT2D eigenvalue weighted by Crippen LogP contribution is -2.08. The van der Waals surface area contributed by atoms with Gasteiger partial charge < -0.3 is 5.11 Å². The van der Waals surface area contributed by atoms with E-state index in [1.165, 1.54) is 18.7 Å². The second-order valence-corrected chi connectivity index (χ2v) is 3.06. The van der Waals surface area contributed by atoms with Gasteiger partial charge in [0.05, 0.1) is 6.10 Å². The second kappa shape index (κ2) is 4.82. The lowest BCUT2D eigenvalue weighted by atomic mass is 10.3. The van der Waals surface area contributed by atoms with Gasteiger partial charge in [-0.05, 0) is 6.42 Å². The van der Waals surface area contributed by atoms with E-state index in [-0.39, 0.29) is 11.2 Å². The highest BCUT2D eigenvalue weighted by Crippen LogP contribution is 2.05. The summed E-state index contributed by atoms with van der Waals surface area (Å²) >= 11 is 1.18. The Morgan fingerprint density at radius 2 is 2.33 bits per heavy atom. The summed E-state index contributed by atoms with van der Waals surface area (Å²) in [4.78, 5) is 10.3. The fourth-order valence-corrected chi connectivity index (χ4v) is 0.994. The van der Waals surface area contributed by atoms with Gasteiger partial charge in [-0.1, -0.05) is 18.7 Å². The zero-order chi connectivity index (χ0) is 7.28. The van der Waals surface area contributed by atoms with Crippen molar-refractivity contribution in [2.24, 2.45) is 0 Å². The third kappa shape index (κ3) is 5.86. The van der Waals surface area contributed by atoms with Crippen molar-refractivity contribution in [1.29, 1.82) is 0 Å². The molecule has 0 rings (SSSR count). The predicted molar refractivity (Wildman–Crippen MR) is 39.4 cm³/mol. The molecule has 0 aliphatic carbocycles. The van der Waals surface area contributed by atoms with Gasteiger partial charge in [0.2, 0.25) is 0 Å². The summed E-state index contributed by atoms with van der Waals surface area (Å²) < 4.78 is 0. The Kier molecular flexibility index (Phi) is 4.81. The SMILES string of the molecule is CCC(O)CSC(C)=O. The van der Waals surface area contributed by atoms with Gasteiger partial charge in [-0.25, -0.2) is 0 Å². The minimum absolute atomic E-state index is 0.0718. The first-order valence-electron chi connectivity index (χ1n) is 2.98. The number of carbonyl (C=O) groups excluding carboxylic acids is 1. The van der Waals surface area contributed by atoms with Crippen molar-refractivity contribution in [2.75, 3.05) is 5.75 Å². The van der Waals surface area contributed by atoms with E-state index in [2.05, 4.69) is 0 Å². The van der Waals surface area contributed by atoms with Crippen molar-refractivity contribution in [2.45, 2.75) is 26.4 Å². The fourth-order valence-electron chi connectivity index (χ4n) is 0.331. The molecule has 0 heterocycles. The molecule has 2 nitrogen and oxygen atoms in total. The quantitative estimate of drug-likeness (QED) is 0.649. The molecule has 0 aliphatic heterocycles. The number of aliphatic hydroxyl groups is 1. The number of aliphatic hydroxyl groups excluding tert-OH is 1. The topological polar surface area (TPSA) is 37.3 Å². The van der Waals surface area contributed by atoms with Crippen LogP contribution in [0.5, 0.6) is 0 Å². The molecule has 1 unspecified atom stereocenters. The Morgan fingerprint density at radius 3 is 2.67 bits per heavy atom. The fraction of sp³-hybridized carbons (Fsp3) is 0.833. The van der Waals surface area contributed by atoms with Crippen LogP contribution in [-0.2, 0) is 4.79 Å². The molecule has 0 aromatic rings. The van der Waals surface area contributed by atoms with Crippen LogP contribution < -0.4 is 0 Å². The molecule has 0 radical (unpaired) electrons. The van der Waals surface area contributed by atoms with Gasteiger partial charge in [0.15, 0.2) is 5.12 Å². The molecule has 3 heteroatoms. The molecule has 0 aliphatic rings. The average molecular weight is 148 g/mol. The van der Waals surface area contributed by atoms with Gasteiger partial charge >= 0.3 is 0 Å². The monoisotopic (exact) mass is 148 g/mol. The average Bonchev–Trinajstić information content (AvgIpc) is 1.83. The molecule has 0 saturated carbocycles. The molecule has 0 saturated heterocycles. The molecule has 54 valence electrons. The Hall–Kier alpha value is -0.0200. The summed E-state index contributed by atoms with van der Waals surface area (Å²) in [6.45, 7) is 3.40. The summed E-state index contributed by atoms with van der Waals surface area (Å²) in [6.07, 6.45) is 0.402. The maximum absolute atomic E-state index is 10.3. The van der Waals surface area contributed by atoms with Crippen molar-refractivity contribution < 1.29 is 9.90 Å². The maximum atomic E-state index is 10.3. The predicted octanol–water partition coefficient (Wildman–Crippen LogP) is 1.04. The number of hydrogen-bond donors (Lipinski definition) is 1. The Labute approximate surface area is 59.6 Å². The molecule has 0 bridgehead atoms. The van der Waals surface area contributed by atoms with Crippen LogP contribution in [0.15, 0.2) is 0 Å². The zero-order valence-corrected chi connectivity index (χ0v) is 6.57. The molecule has 1 N–H and O–H groups in total. The van der Waals surface area contributed by atoms with Crippen molar-refractivity contribution in [3.63, 3.8) is 0 Å². The van der Waals surface area contributed by atoms with Gasteiger partial charge in [0.1, 0.15) is 0 Å². The van der Waals surface area contributed by atoms with E-state index in [1.807, 2.05) is 6.92 Å². The Morgan fingerprint density at radius 1 is 1.78 bits per heavy atom. The minimum atomic E-state index is -0.320.